The Balaban J connectivity index is 0.891. The molecule has 3 saturated heterocycles. The molecular weight excluding hydrogens is 786 g/mol. The second kappa shape index (κ2) is 16.7. The molecule has 1 unspecified atom stereocenters. The number of carbonyl (C=O) groups excluding carboxylic acids is 2. The van der Waals surface area contributed by atoms with Gasteiger partial charge in [0.1, 0.15) is 17.5 Å². The van der Waals surface area contributed by atoms with E-state index in [1.165, 1.54) is 23.1 Å². The molecule has 314 valence electrons. The number of piperidine rings is 2. The zero-order chi connectivity index (χ0) is 41.4. The van der Waals surface area contributed by atoms with Gasteiger partial charge in [0.15, 0.2) is 0 Å². The van der Waals surface area contributed by atoms with Crippen LogP contribution in [0.25, 0.3) is 0 Å². The van der Waals surface area contributed by atoms with Crippen molar-refractivity contribution in [2.24, 2.45) is 5.92 Å². The lowest BCUT2D eigenvalue weighted by molar-refractivity contribution is -0.137. The van der Waals surface area contributed by atoms with Gasteiger partial charge in [0.25, 0.3) is 0 Å². The molecule has 0 bridgehead atoms. The molecule has 4 aliphatic rings. The monoisotopic (exact) mass is 833 g/mol. The third-order valence-electron chi connectivity index (χ3n) is 11.7. The Morgan fingerprint density at radius 1 is 0.931 bits per heavy atom. The van der Waals surface area contributed by atoms with E-state index in [-0.39, 0.29) is 60.0 Å². The van der Waals surface area contributed by atoms with Crippen LogP contribution in [0.2, 0.25) is 0 Å². The van der Waals surface area contributed by atoms with Crippen molar-refractivity contribution in [3.8, 4) is 0 Å². The predicted molar refractivity (Wildman–Crippen MR) is 207 cm³/mol. The third kappa shape index (κ3) is 9.72. The number of hydrogen-bond acceptors (Lipinski definition) is 10. The molecule has 58 heavy (non-hydrogen) atoms. The van der Waals surface area contributed by atoms with Crippen molar-refractivity contribution in [1.29, 1.82) is 0 Å². The fourth-order valence-electron chi connectivity index (χ4n) is 8.61. The first-order valence-corrected chi connectivity index (χ1v) is 21.2. The SMILES string of the molecule is C[C@]1(O)CCCN(c2cc(Nc3ccc(S(=O)(=O)NC4CCC(CN5CCN(c6ccc(C7CCC(=O)NC7=O)c(F)c6)CC5)CC4)cc3F)ncc2C(F)(F)F)C1. The van der Waals surface area contributed by atoms with Gasteiger partial charge >= 0.3 is 6.18 Å². The van der Waals surface area contributed by atoms with Crippen LogP contribution in [-0.4, -0.2) is 92.7 Å². The molecule has 2 aromatic carbocycles. The first kappa shape index (κ1) is 41.8. The summed E-state index contributed by atoms with van der Waals surface area (Å²) in [6, 6.07) is 9.03. The molecule has 2 amide bonds. The van der Waals surface area contributed by atoms with Crippen LogP contribution in [0.5, 0.6) is 0 Å². The van der Waals surface area contributed by atoms with E-state index in [1.807, 2.05) is 6.07 Å². The standard InChI is InChI=1S/C40H48F5N7O5S/c1-39(55)13-2-14-52(24-39)35-21-36(46-22-31(35)40(43,44)45)47-34-11-8-28(20-33(34)42)58(56,57)49-26-5-3-25(4-6-26)23-50-15-17-51(18-16-50)27-7-9-29(32(41)19-27)30-10-12-37(53)48-38(30)54/h7-9,11,19-22,25-26,30,49,55H,2-6,10,12-18,23-24H2,1H3,(H,46,47)(H,48,53,54)/t25?,26?,30?,39-/m0/s1. The molecule has 1 aliphatic carbocycles. The number of alkyl halides is 3. The van der Waals surface area contributed by atoms with E-state index < -0.39 is 50.8 Å². The number of hydrogen-bond donors (Lipinski definition) is 4. The highest BCUT2D eigenvalue weighted by atomic mass is 32.2. The van der Waals surface area contributed by atoms with Crippen LogP contribution in [0.4, 0.5) is 44.8 Å². The number of pyridine rings is 1. The van der Waals surface area contributed by atoms with Crippen LogP contribution >= 0.6 is 0 Å². The molecule has 0 spiro atoms. The van der Waals surface area contributed by atoms with Crippen molar-refractivity contribution in [3.05, 3.63) is 71.4 Å². The van der Waals surface area contributed by atoms with Gasteiger partial charge in [-0.15, -0.1) is 0 Å². The van der Waals surface area contributed by atoms with Crippen molar-refractivity contribution >= 4 is 44.7 Å². The van der Waals surface area contributed by atoms with Crippen LogP contribution in [0, 0.1) is 17.6 Å². The van der Waals surface area contributed by atoms with E-state index >= 15 is 8.78 Å². The first-order chi connectivity index (χ1) is 27.4. The number of anilines is 4. The number of carbonyl (C=O) groups is 2. The van der Waals surface area contributed by atoms with E-state index in [0.717, 1.165) is 50.3 Å². The number of aromatic nitrogens is 1. The normalized spacial score (nSPS) is 25.1. The smallest absolute Gasteiger partial charge is 0.388 e. The highest BCUT2D eigenvalue weighted by molar-refractivity contribution is 7.89. The Labute approximate surface area is 334 Å². The molecule has 3 aliphatic heterocycles. The van der Waals surface area contributed by atoms with Crippen molar-refractivity contribution in [3.63, 3.8) is 0 Å². The van der Waals surface area contributed by atoms with Gasteiger partial charge in [-0.3, -0.25) is 19.8 Å². The third-order valence-corrected chi connectivity index (χ3v) is 13.3. The predicted octanol–water partition coefficient (Wildman–Crippen LogP) is 5.65. The summed E-state index contributed by atoms with van der Waals surface area (Å²) < 4.78 is 101. The van der Waals surface area contributed by atoms with Crippen LogP contribution in [-0.2, 0) is 25.8 Å². The minimum absolute atomic E-state index is 0.0223. The number of halogens is 5. The highest BCUT2D eigenvalue weighted by Crippen LogP contribution is 2.40. The number of piperazine rings is 1. The summed E-state index contributed by atoms with van der Waals surface area (Å²) in [6.45, 7) is 5.62. The Bertz CT molecular complexity index is 2120. The molecule has 7 rings (SSSR count). The second-order valence-corrected chi connectivity index (χ2v) is 17.9. The lowest BCUT2D eigenvalue weighted by Gasteiger charge is -2.39. The highest BCUT2D eigenvalue weighted by Gasteiger charge is 2.38. The summed E-state index contributed by atoms with van der Waals surface area (Å²) in [6.07, 6.45) is 0.157. The van der Waals surface area contributed by atoms with Gasteiger partial charge in [0.05, 0.1) is 33.4 Å². The number of nitrogens with one attached hydrogen (secondary N) is 3. The maximum absolute atomic E-state index is 15.3. The van der Waals surface area contributed by atoms with Crippen molar-refractivity contribution in [1.82, 2.24) is 19.9 Å². The molecular formula is C40H48F5N7O5S. The Hall–Kier alpha value is -4.39. The van der Waals surface area contributed by atoms with E-state index in [1.54, 1.807) is 13.0 Å². The van der Waals surface area contributed by atoms with Gasteiger partial charge < -0.3 is 20.2 Å². The van der Waals surface area contributed by atoms with Gasteiger partial charge in [-0.2, -0.15) is 13.2 Å². The van der Waals surface area contributed by atoms with Gasteiger partial charge in [0.2, 0.25) is 21.8 Å². The zero-order valence-electron chi connectivity index (χ0n) is 32.1. The summed E-state index contributed by atoms with van der Waals surface area (Å²) in [5.74, 6) is -2.60. The van der Waals surface area contributed by atoms with Crippen LogP contribution in [0.3, 0.4) is 0 Å². The largest absolute Gasteiger partial charge is 0.419 e. The maximum Gasteiger partial charge on any atom is 0.419 e. The zero-order valence-corrected chi connectivity index (χ0v) is 32.9. The van der Waals surface area contributed by atoms with Crippen molar-refractivity contribution in [2.75, 3.05) is 60.9 Å². The molecule has 4 heterocycles. The van der Waals surface area contributed by atoms with Crippen molar-refractivity contribution < 1.29 is 45.1 Å². The minimum atomic E-state index is -4.71. The minimum Gasteiger partial charge on any atom is -0.388 e. The number of amides is 2. The first-order valence-electron chi connectivity index (χ1n) is 19.7. The number of aliphatic hydroxyl groups is 1. The van der Waals surface area contributed by atoms with Gasteiger partial charge in [0, 0.05) is 81.8 Å². The molecule has 1 saturated carbocycles. The molecule has 1 aromatic heterocycles. The lowest BCUT2D eigenvalue weighted by atomic mass is 9.86. The quantitative estimate of drug-likeness (QED) is 0.149. The van der Waals surface area contributed by atoms with E-state index in [9.17, 15) is 36.3 Å². The molecule has 4 fully saturated rings. The maximum atomic E-state index is 15.3. The fraction of sp³-hybridized carbons (Fsp3) is 0.525. The average molecular weight is 834 g/mol. The average Bonchev–Trinajstić information content (AvgIpc) is 3.16. The fourth-order valence-corrected chi connectivity index (χ4v) is 9.93. The molecule has 12 nitrogen and oxygen atoms in total. The number of sulfonamides is 1. The molecule has 4 N–H and O–H groups in total. The number of nitrogens with zero attached hydrogens (tertiary/aromatic N) is 4. The Kier molecular flexibility index (Phi) is 12.0. The lowest BCUT2D eigenvalue weighted by Crippen LogP contribution is -2.48. The number of rotatable bonds is 10. The summed E-state index contributed by atoms with van der Waals surface area (Å²) in [5, 5.41) is 15.5. The van der Waals surface area contributed by atoms with Crippen LogP contribution in [0.1, 0.15) is 75.3 Å². The number of imide groups is 1. The summed E-state index contributed by atoms with van der Waals surface area (Å²) in [7, 11) is -4.09. The molecule has 0 radical (unpaired) electrons. The second-order valence-electron chi connectivity index (χ2n) is 16.2. The van der Waals surface area contributed by atoms with E-state index in [2.05, 4.69) is 30.1 Å². The summed E-state index contributed by atoms with van der Waals surface area (Å²) in [5.41, 5.74) is -1.50. The molecule has 18 heteroatoms. The van der Waals surface area contributed by atoms with Crippen molar-refractivity contribution in [2.45, 2.75) is 86.9 Å². The van der Waals surface area contributed by atoms with E-state index in [4.69, 9.17) is 0 Å². The van der Waals surface area contributed by atoms with Crippen LogP contribution in [0.15, 0.2) is 53.6 Å². The van der Waals surface area contributed by atoms with Crippen LogP contribution < -0.4 is 25.2 Å². The molecule has 3 aromatic rings. The van der Waals surface area contributed by atoms with Gasteiger partial charge in [-0.25, -0.2) is 26.9 Å². The Morgan fingerprint density at radius 3 is 2.33 bits per heavy atom. The molecule has 2 atom stereocenters. The van der Waals surface area contributed by atoms with Gasteiger partial charge in [-0.05, 0) is 88.1 Å². The summed E-state index contributed by atoms with van der Waals surface area (Å²) >= 11 is 0. The Morgan fingerprint density at radius 2 is 1.67 bits per heavy atom. The topological polar surface area (TPSA) is 147 Å². The number of benzene rings is 2. The van der Waals surface area contributed by atoms with E-state index in [0.29, 0.717) is 56.5 Å². The number of β-amino-alcohol motifs (C(OH)–C–C–N with tert-alkyl or cyclic N) is 1. The summed E-state index contributed by atoms with van der Waals surface area (Å²) in [4.78, 5) is 33.2. The van der Waals surface area contributed by atoms with Gasteiger partial charge in [-0.1, -0.05) is 6.07 Å².